The first-order valence-electron chi connectivity index (χ1n) is 6.71. The Morgan fingerprint density at radius 1 is 1.12 bits per heavy atom. The van der Waals surface area contributed by atoms with Crippen molar-refractivity contribution in [1.29, 1.82) is 0 Å². The first kappa shape index (κ1) is 13.5. The highest BCUT2D eigenvalue weighted by molar-refractivity contribution is 5.69. The fourth-order valence-corrected chi connectivity index (χ4v) is 1.68. The summed E-state index contributed by atoms with van der Waals surface area (Å²) in [7, 11) is 0. The first-order chi connectivity index (χ1) is 7.83. The lowest BCUT2D eigenvalue weighted by atomic mass is 10.1. The Morgan fingerprint density at radius 2 is 1.81 bits per heavy atom. The van der Waals surface area contributed by atoms with Crippen molar-refractivity contribution in [2.45, 2.75) is 51.9 Å². The molecule has 0 unspecified atom stereocenters. The molecule has 1 fully saturated rings. The normalized spacial score (nSPS) is 15.1. The number of carbonyl (C=O) groups excluding carboxylic acids is 1. The standard InChI is InChI=1S/C13H25NO2/c1-2-3-4-5-6-7-12-16-13(15)8-9-14-10-11-14/h2-12H2,1H3. The van der Waals surface area contributed by atoms with E-state index in [4.69, 9.17) is 4.74 Å². The zero-order valence-corrected chi connectivity index (χ0v) is 10.5. The molecule has 0 aromatic carbocycles. The maximum absolute atomic E-state index is 11.3. The van der Waals surface area contributed by atoms with Crippen LogP contribution in [0.15, 0.2) is 0 Å². The van der Waals surface area contributed by atoms with Crippen LogP contribution in [0.1, 0.15) is 51.9 Å². The number of carbonyl (C=O) groups is 1. The summed E-state index contributed by atoms with van der Waals surface area (Å²) >= 11 is 0. The average Bonchev–Trinajstić information content (AvgIpc) is 3.09. The van der Waals surface area contributed by atoms with Gasteiger partial charge in [0.1, 0.15) is 0 Å². The predicted molar refractivity (Wildman–Crippen MR) is 65.4 cm³/mol. The molecule has 0 spiro atoms. The van der Waals surface area contributed by atoms with Gasteiger partial charge in [-0.25, -0.2) is 0 Å². The second-order valence-electron chi connectivity index (χ2n) is 4.58. The van der Waals surface area contributed by atoms with E-state index in [0.717, 1.165) is 26.1 Å². The van der Waals surface area contributed by atoms with Gasteiger partial charge >= 0.3 is 5.97 Å². The topological polar surface area (TPSA) is 29.3 Å². The van der Waals surface area contributed by atoms with Crippen molar-refractivity contribution in [1.82, 2.24) is 4.90 Å². The van der Waals surface area contributed by atoms with E-state index < -0.39 is 0 Å². The molecule has 3 heteroatoms. The molecule has 0 aromatic rings. The summed E-state index contributed by atoms with van der Waals surface area (Å²) in [5, 5.41) is 0. The van der Waals surface area contributed by atoms with Gasteiger partial charge in [0.25, 0.3) is 0 Å². The summed E-state index contributed by atoms with van der Waals surface area (Å²) in [6.45, 7) is 6.04. The second-order valence-corrected chi connectivity index (χ2v) is 4.58. The number of nitrogens with zero attached hydrogens (tertiary/aromatic N) is 1. The maximum atomic E-state index is 11.3. The molecular weight excluding hydrogens is 202 g/mol. The van der Waals surface area contributed by atoms with Crippen LogP contribution in [-0.4, -0.2) is 37.1 Å². The molecule has 16 heavy (non-hydrogen) atoms. The van der Waals surface area contributed by atoms with Crippen LogP contribution < -0.4 is 0 Å². The van der Waals surface area contributed by atoms with Crippen LogP contribution in [0.4, 0.5) is 0 Å². The zero-order chi connectivity index (χ0) is 11.6. The molecule has 0 bridgehead atoms. The maximum Gasteiger partial charge on any atom is 0.307 e. The van der Waals surface area contributed by atoms with Crippen LogP contribution in [0.5, 0.6) is 0 Å². The smallest absolute Gasteiger partial charge is 0.307 e. The van der Waals surface area contributed by atoms with E-state index in [1.807, 2.05) is 0 Å². The molecule has 1 aliphatic rings. The molecule has 1 aliphatic heterocycles. The number of hydrogen-bond acceptors (Lipinski definition) is 3. The average molecular weight is 227 g/mol. The van der Waals surface area contributed by atoms with Crippen LogP contribution in [0.3, 0.4) is 0 Å². The molecule has 94 valence electrons. The number of ether oxygens (including phenoxy) is 1. The molecule has 0 aliphatic carbocycles. The van der Waals surface area contributed by atoms with Crippen molar-refractivity contribution < 1.29 is 9.53 Å². The molecule has 0 saturated carbocycles. The quantitative estimate of drug-likeness (QED) is 0.326. The van der Waals surface area contributed by atoms with Gasteiger partial charge in [-0.2, -0.15) is 0 Å². The van der Waals surface area contributed by atoms with Crippen molar-refractivity contribution in [2.24, 2.45) is 0 Å². The summed E-state index contributed by atoms with van der Waals surface area (Å²) in [6, 6.07) is 0. The van der Waals surface area contributed by atoms with E-state index in [1.54, 1.807) is 0 Å². The molecular formula is C13H25NO2. The summed E-state index contributed by atoms with van der Waals surface area (Å²) in [5.41, 5.74) is 0. The summed E-state index contributed by atoms with van der Waals surface area (Å²) in [4.78, 5) is 13.5. The molecule has 3 nitrogen and oxygen atoms in total. The number of unbranched alkanes of at least 4 members (excludes halogenated alkanes) is 5. The van der Waals surface area contributed by atoms with Crippen molar-refractivity contribution in [2.75, 3.05) is 26.2 Å². The van der Waals surface area contributed by atoms with Gasteiger partial charge in [-0.3, -0.25) is 4.79 Å². The van der Waals surface area contributed by atoms with E-state index in [2.05, 4.69) is 11.8 Å². The Balaban J connectivity index is 1.76. The number of rotatable bonds is 10. The highest BCUT2D eigenvalue weighted by Crippen LogP contribution is 2.06. The fraction of sp³-hybridized carbons (Fsp3) is 0.923. The Kier molecular flexibility index (Phi) is 7.23. The van der Waals surface area contributed by atoms with Gasteiger partial charge in [0.05, 0.1) is 13.0 Å². The summed E-state index contributed by atoms with van der Waals surface area (Å²) in [5.74, 6) is -0.0274. The third kappa shape index (κ3) is 7.69. The Labute approximate surface area is 99.1 Å². The molecule has 0 aromatic heterocycles. The van der Waals surface area contributed by atoms with Crippen molar-refractivity contribution in [3.8, 4) is 0 Å². The largest absolute Gasteiger partial charge is 0.466 e. The zero-order valence-electron chi connectivity index (χ0n) is 10.5. The van der Waals surface area contributed by atoms with E-state index >= 15 is 0 Å². The van der Waals surface area contributed by atoms with E-state index in [1.165, 1.54) is 32.1 Å². The van der Waals surface area contributed by atoms with Crippen LogP contribution in [0, 0.1) is 0 Å². The minimum Gasteiger partial charge on any atom is -0.466 e. The highest BCUT2D eigenvalue weighted by atomic mass is 16.5. The molecule has 1 rings (SSSR count). The molecule has 1 heterocycles. The Hall–Kier alpha value is -0.570. The molecule has 0 radical (unpaired) electrons. The van der Waals surface area contributed by atoms with Crippen LogP contribution in [0.2, 0.25) is 0 Å². The molecule has 0 atom stereocenters. The third-order valence-corrected chi connectivity index (χ3v) is 2.93. The van der Waals surface area contributed by atoms with Crippen LogP contribution in [-0.2, 0) is 9.53 Å². The second kappa shape index (κ2) is 8.57. The van der Waals surface area contributed by atoms with Crippen LogP contribution >= 0.6 is 0 Å². The van der Waals surface area contributed by atoms with Crippen LogP contribution in [0.25, 0.3) is 0 Å². The van der Waals surface area contributed by atoms with Crippen molar-refractivity contribution in [3.63, 3.8) is 0 Å². The van der Waals surface area contributed by atoms with Gasteiger partial charge in [-0.1, -0.05) is 39.0 Å². The SMILES string of the molecule is CCCCCCCCOC(=O)CCN1CC1. The van der Waals surface area contributed by atoms with Crippen molar-refractivity contribution in [3.05, 3.63) is 0 Å². The van der Waals surface area contributed by atoms with Gasteiger partial charge in [0.15, 0.2) is 0 Å². The summed E-state index contributed by atoms with van der Waals surface area (Å²) in [6.07, 6.45) is 7.99. The molecule has 0 N–H and O–H groups in total. The predicted octanol–water partition coefficient (Wildman–Crippen LogP) is 2.60. The highest BCUT2D eigenvalue weighted by Gasteiger charge is 2.17. The Morgan fingerprint density at radius 3 is 2.50 bits per heavy atom. The summed E-state index contributed by atoms with van der Waals surface area (Å²) < 4.78 is 5.16. The molecule has 0 amide bonds. The first-order valence-corrected chi connectivity index (χ1v) is 6.71. The minimum absolute atomic E-state index is 0.0274. The molecule has 1 saturated heterocycles. The lowest BCUT2D eigenvalue weighted by Crippen LogP contribution is -2.11. The lowest BCUT2D eigenvalue weighted by molar-refractivity contribution is -0.143. The fourth-order valence-electron chi connectivity index (χ4n) is 1.68. The number of esters is 1. The monoisotopic (exact) mass is 227 g/mol. The van der Waals surface area contributed by atoms with Gasteiger partial charge in [0, 0.05) is 19.6 Å². The van der Waals surface area contributed by atoms with E-state index in [9.17, 15) is 4.79 Å². The van der Waals surface area contributed by atoms with Crippen molar-refractivity contribution >= 4 is 5.97 Å². The van der Waals surface area contributed by atoms with Gasteiger partial charge in [-0.15, -0.1) is 0 Å². The minimum atomic E-state index is -0.0274. The van der Waals surface area contributed by atoms with E-state index in [0.29, 0.717) is 13.0 Å². The lowest BCUT2D eigenvalue weighted by Gasteiger charge is -2.04. The third-order valence-electron chi connectivity index (χ3n) is 2.93. The Bertz CT molecular complexity index is 190. The van der Waals surface area contributed by atoms with Gasteiger partial charge in [0.2, 0.25) is 0 Å². The van der Waals surface area contributed by atoms with E-state index in [-0.39, 0.29) is 5.97 Å². The van der Waals surface area contributed by atoms with Gasteiger partial charge < -0.3 is 9.64 Å². The van der Waals surface area contributed by atoms with Gasteiger partial charge in [-0.05, 0) is 6.42 Å². The number of hydrogen-bond donors (Lipinski definition) is 0.